The fourth-order valence-corrected chi connectivity index (χ4v) is 2.59. The van der Waals surface area contributed by atoms with Crippen LogP contribution in [0.25, 0.3) is 0 Å². The van der Waals surface area contributed by atoms with Gasteiger partial charge in [0.15, 0.2) is 14.6 Å². The quantitative estimate of drug-likeness (QED) is 0.538. The van der Waals surface area contributed by atoms with Crippen molar-refractivity contribution in [1.29, 1.82) is 0 Å². The molecule has 114 valence electrons. The first-order valence-electron chi connectivity index (χ1n) is 6.49. The van der Waals surface area contributed by atoms with Gasteiger partial charge in [-0.1, -0.05) is 20.8 Å². The second-order valence-corrected chi connectivity index (χ2v) is 11.4. The summed E-state index contributed by atoms with van der Waals surface area (Å²) in [5, 5.41) is 38.2. The number of ether oxygens (including phenoxy) is 1. The summed E-state index contributed by atoms with van der Waals surface area (Å²) in [6.45, 7) is 10.5. The van der Waals surface area contributed by atoms with Crippen molar-refractivity contribution in [2.24, 2.45) is 0 Å². The molecule has 0 amide bonds. The smallest absolute Gasteiger partial charge is 0.192 e. The van der Waals surface area contributed by atoms with E-state index in [0.717, 1.165) is 0 Å². The summed E-state index contributed by atoms with van der Waals surface area (Å²) in [5.74, 6) is 0. The Balaban J connectivity index is 2.63. The molecule has 0 radical (unpaired) electrons. The molecule has 1 aliphatic heterocycles. The van der Waals surface area contributed by atoms with E-state index in [2.05, 4.69) is 33.9 Å². The van der Waals surface area contributed by atoms with E-state index >= 15 is 0 Å². The van der Waals surface area contributed by atoms with Gasteiger partial charge in [0, 0.05) is 0 Å². The van der Waals surface area contributed by atoms with Crippen LogP contribution < -0.4 is 0 Å². The highest BCUT2D eigenvalue weighted by molar-refractivity contribution is 6.74. The van der Waals surface area contributed by atoms with Gasteiger partial charge in [0.05, 0.1) is 6.61 Å². The van der Waals surface area contributed by atoms with E-state index in [1.165, 1.54) is 0 Å². The van der Waals surface area contributed by atoms with E-state index in [1.807, 2.05) is 0 Å². The summed E-state index contributed by atoms with van der Waals surface area (Å²) in [6.07, 6.45) is -6.56. The van der Waals surface area contributed by atoms with E-state index in [1.54, 1.807) is 0 Å². The number of aliphatic hydroxyl groups excluding tert-OH is 4. The fraction of sp³-hybridized carbons (Fsp3) is 1.00. The zero-order chi connectivity index (χ0) is 15.0. The minimum atomic E-state index is -2.00. The van der Waals surface area contributed by atoms with Gasteiger partial charge in [-0.3, -0.25) is 0 Å². The SMILES string of the molecule is CC(C)(C)[Si](C)(C)OC[C@H]1O[C@H](O)[C@H](O)[C@@H](O)[C@H]1O. The van der Waals surface area contributed by atoms with Crippen LogP contribution in [0.4, 0.5) is 0 Å². The molecule has 7 heteroatoms. The predicted molar refractivity (Wildman–Crippen MR) is 72.0 cm³/mol. The molecule has 0 spiro atoms. The Bertz CT molecular complexity index is 303. The Morgan fingerprint density at radius 1 is 1.00 bits per heavy atom. The summed E-state index contributed by atoms with van der Waals surface area (Å²) in [6, 6.07) is 0. The van der Waals surface area contributed by atoms with Crippen molar-refractivity contribution in [3.63, 3.8) is 0 Å². The maximum Gasteiger partial charge on any atom is 0.192 e. The number of aliphatic hydroxyl groups is 4. The Labute approximate surface area is 115 Å². The normalized spacial score (nSPS) is 37.4. The summed E-state index contributed by atoms with van der Waals surface area (Å²) in [5.41, 5.74) is 0. The molecule has 5 atom stereocenters. The lowest BCUT2D eigenvalue weighted by molar-refractivity contribution is -0.285. The molecule has 0 aromatic rings. The molecule has 1 rings (SSSR count). The molecular formula is C12H26O6Si. The Kier molecular flexibility index (Phi) is 5.17. The molecule has 0 saturated carbocycles. The lowest BCUT2D eigenvalue weighted by Gasteiger charge is -2.41. The molecule has 0 bridgehead atoms. The average Bonchev–Trinajstić information content (AvgIpc) is 2.28. The van der Waals surface area contributed by atoms with Gasteiger partial charge < -0.3 is 29.6 Å². The topological polar surface area (TPSA) is 99.4 Å². The molecule has 0 aromatic carbocycles. The molecular weight excluding hydrogens is 268 g/mol. The van der Waals surface area contributed by atoms with Crippen molar-refractivity contribution in [2.75, 3.05) is 6.61 Å². The molecule has 1 fully saturated rings. The number of hydrogen-bond donors (Lipinski definition) is 4. The van der Waals surface area contributed by atoms with Crippen LogP contribution in [0.5, 0.6) is 0 Å². The minimum absolute atomic E-state index is 0.0172. The van der Waals surface area contributed by atoms with Crippen molar-refractivity contribution in [1.82, 2.24) is 0 Å². The minimum Gasteiger partial charge on any atom is -0.414 e. The highest BCUT2D eigenvalue weighted by Gasteiger charge is 2.45. The van der Waals surface area contributed by atoms with E-state index in [9.17, 15) is 20.4 Å². The molecule has 6 nitrogen and oxygen atoms in total. The van der Waals surface area contributed by atoms with Gasteiger partial charge in [-0.25, -0.2) is 0 Å². The monoisotopic (exact) mass is 294 g/mol. The second kappa shape index (κ2) is 5.77. The summed E-state index contributed by atoms with van der Waals surface area (Å²) in [4.78, 5) is 0. The first-order chi connectivity index (χ1) is 8.47. The standard InChI is InChI=1S/C12H26O6Si/c1-12(2,3)19(4,5)17-6-7-8(13)9(14)10(15)11(16)18-7/h7-11,13-16H,6H2,1-5H3/t7-,8+,9+,10-,11+/m1/s1. The first-order valence-corrected chi connectivity index (χ1v) is 9.40. The van der Waals surface area contributed by atoms with E-state index in [4.69, 9.17) is 9.16 Å². The van der Waals surface area contributed by atoms with Crippen LogP contribution in [-0.4, -0.2) is 66.1 Å². The Morgan fingerprint density at radius 3 is 2.00 bits per heavy atom. The number of hydrogen-bond acceptors (Lipinski definition) is 6. The fourth-order valence-electron chi connectivity index (χ4n) is 1.58. The molecule has 1 aliphatic rings. The van der Waals surface area contributed by atoms with Gasteiger partial charge in [-0.05, 0) is 18.1 Å². The predicted octanol–water partition coefficient (Wildman–Crippen LogP) is -0.192. The van der Waals surface area contributed by atoms with Crippen LogP contribution in [0.2, 0.25) is 18.1 Å². The van der Waals surface area contributed by atoms with Crippen molar-refractivity contribution in [2.45, 2.75) is 69.6 Å². The molecule has 0 aromatic heterocycles. The summed E-state index contributed by atoms with van der Waals surface area (Å²) >= 11 is 0. The summed E-state index contributed by atoms with van der Waals surface area (Å²) < 4.78 is 11.0. The Morgan fingerprint density at radius 2 is 1.53 bits per heavy atom. The second-order valence-electron chi connectivity index (χ2n) is 6.61. The Hall–Kier alpha value is -0.0231. The van der Waals surface area contributed by atoms with Gasteiger partial charge in [0.2, 0.25) is 0 Å². The molecule has 1 saturated heterocycles. The highest BCUT2D eigenvalue weighted by Crippen LogP contribution is 2.37. The van der Waals surface area contributed by atoms with Gasteiger partial charge in [0.1, 0.15) is 24.4 Å². The van der Waals surface area contributed by atoms with Gasteiger partial charge in [-0.2, -0.15) is 0 Å². The van der Waals surface area contributed by atoms with Crippen LogP contribution in [0, 0.1) is 0 Å². The molecule has 1 heterocycles. The zero-order valence-electron chi connectivity index (χ0n) is 12.2. The highest BCUT2D eigenvalue weighted by atomic mass is 28.4. The van der Waals surface area contributed by atoms with Gasteiger partial charge in [-0.15, -0.1) is 0 Å². The van der Waals surface area contributed by atoms with Crippen LogP contribution >= 0.6 is 0 Å². The maximum atomic E-state index is 9.81. The lowest BCUT2D eigenvalue weighted by atomic mass is 10.00. The maximum absolute atomic E-state index is 9.81. The number of rotatable bonds is 3. The molecule has 0 aliphatic carbocycles. The third-order valence-electron chi connectivity index (χ3n) is 4.10. The molecule has 4 N–H and O–H groups in total. The van der Waals surface area contributed by atoms with Crippen LogP contribution in [0.3, 0.4) is 0 Å². The largest absolute Gasteiger partial charge is 0.414 e. The molecule has 0 unspecified atom stereocenters. The van der Waals surface area contributed by atoms with Crippen molar-refractivity contribution >= 4 is 8.32 Å². The van der Waals surface area contributed by atoms with Crippen molar-refractivity contribution in [3.05, 3.63) is 0 Å². The molecule has 19 heavy (non-hydrogen) atoms. The summed E-state index contributed by atoms with van der Waals surface area (Å²) in [7, 11) is -2.00. The third-order valence-corrected chi connectivity index (χ3v) is 8.60. The van der Waals surface area contributed by atoms with E-state index < -0.39 is 39.0 Å². The van der Waals surface area contributed by atoms with E-state index in [-0.39, 0.29) is 11.6 Å². The van der Waals surface area contributed by atoms with Crippen molar-refractivity contribution < 1.29 is 29.6 Å². The lowest BCUT2D eigenvalue weighted by Crippen LogP contribution is -2.59. The van der Waals surface area contributed by atoms with Gasteiger partial charge in [0.25, 0.3) is 0 Å². The van der Waals surface area contributed by atoms with Crippen LogP contribution in [-0.2, 0) is 9.16 Å². The van der Waals surface area contributed by atoms with E-state index in [0.29, 0.717) is 0 Å². The average molecular weight is 294 g/mol. The zero-order valence-corrected chi connectivity index (χ0v) is 13.2. The third kappa shape index (κ3) is 3.75. The van der Waals surface area contributed by atoms with Crippen LogP contribution in [0.1, 0.15) is 20.8 Å². The first kappa shape index (κ1) is 17.0. The van der Waals surface area contributed by atoms with Crippen molar-refractivity contribution in [3.8, 4) is 0 Å². The van der Waals surface area contributed by atoms with Gasteiger partial charge >= 0.3 is 0 Å². The van der Waals surface area contributed by atoms with Crippen LogP contribution in [0.15, 0.2) is 0 Å².